The van der Waals surface area contributed by atoms with Gasteiger partial charge in [-0.05, 0) is 42.5 Å². The predicted molar refractivity (Wildman–Crippen MR) is 99.3 cm³/mol. The van der Waals surface area contributed by atoms with Crippen LogP contribution in [0.3, 0.4) is 0 Å². The van der Waals surface area contributed by atoms with Crippen LogP contribution in [-0.4, -0.2) is 12.3 Å². The Kier molecular flexibility index (Phi) is 5.55. The molecule has 0 bridgehead atoms. The molecule has 2 aromatic rings. The van der Waals surface area contributed by atoms with Gasteiger partial charge in [-0.15, -0.1) is 0 Å². The van der Waals surface area contributed by atoms with Gasteiger partial charge in [-0.25, -0.2) is 8.42 Å². The zero-order valence-electron chi connectivity index (χ0n) is 11.5. The third-order valence-electron chi connectivity index (χ3n) is 2.69. The third kappa shape index (κ3) is 4.88. The molecule has 0 atom stereocenters. The van der Waals surface area contributed by atoms with E-state index in [4.69, 9.17) is 17.3 Å². The van der Waals surface area contributed by atoms with Gasteiger partial charge < -0.3 is 5.73 Å². The average Bonchev–Trinajstić information content (AvgIpc) is 2.48. The van der Waals surface area contributed by atoms with E-state index in [1.165, 1.54) is 18.2 Å². The van der Waals surface area contributed by atoms with Crippen LogP contribution in [0.2, 0.25) is 5.02 Å². The molecule has 0 saturated heterocycles. The van der Waals surface area contributed by atoms with Crippen molar-refractivity contribution in [2.75, 3.05) is 15.9 Å². The molecule has 2 aromatic carbocycles. The molecule has 0 aliphatic carbocycles. The number of carbonyl (C=O) groups excluding carboxylic acids is 1. The summed E-state index contributed by atoms with van der Waals surface area (Å²) in [5.74, 6) is 0. The molecule has 0 unspecified atom stereocenters. The highest BCUT2D eigenvalue weighted by Crippen LogP contribution is 2.26. The minimum absolute atomic E-state index is 0.0785. The molecule has 0 aliphatic rings. The first-order valence-corrected chi connectivity index (χ1v) is 9.11. The second-order valence-electron chi connectivity index (χ2n) is 4.40. The Bertz CT molecular complexity index is 828. The lowest BCUT2D eigenvalue weighted by atomic mass is 10.3. The summed E-state index contributed by atoms with van der Waals surface area (Å²) in [5.41, 5.74) is 11.9. The van der Waals surface area contributed by atoms with Crippen molar-refractivity contribution in [3.8, 4) is 0 Å². The SMILES string of the molecule is Nc1ccc(Cl)c(S(=O)(=O)Nc2ccc(NNC(=O)I)cc2)c1. The van der Waals surface area contributed by atoms with Crippen molar-refractivity contribution in [2.45, 2.75) is 4.90 Å². The largest absolute Gasteiger partial charge is 0.399 e. The summed E-state index contributed by atoms with van der Waals surface area (Å²) in [6, 6.07) is 10.5. The number of carbonyl (C=O) groups is 1. The number of hydrogen-bond donors (Lipinski definition) is 4. The summed E-state index contributed by atoms with van der Waals surface area (Å²) in [6.07, 6.45) is 0. The lowest BCUT2D eigenvalue weighted by Crippen LogP contribution is -2.23. The molecule has 23 heavy (non-hydrogen) atoms. The first-order chi connectivity index (χ1) is 10.8. The molecular formula is C13H12ClIN4O3S. The Labute approximate surface area is 151 Å². The first-order valence-electron chi connectivity index (χ1n) is 6.17. The number of nitrogen functional groups attached to an aromatic ring is 1. The van der Waals surface area contributed by atoms with E-state index in [1.807, 2.05) is 0 Å². The van der Waals surface area contributed by atoms with Gasteiger partial charge in [0.05, 0.1) is 10.7 Å². The van der Waals surface area contributed by atoms with E-state index in [9.17, 15) is 13.2 Å². The molecule has 0 radical (unpaired) electrons. The van der Waals surface area contributed by atoms with Crippen LogP contribution in [0.25, 0.3) is 0 Å². The van der Waals surface area contributed by atoms with E-state index in [2.05, 4.69) is 15.6 Å². The molecule has 1 amide bonds. The smallest absolute Gasteiger partial charge is 0.298 e. The van der Waals surface area contributed by atoms with Gasteiger partial charge in [0.15, 0.2) is 0 Å². The fourth-order valence-corrected chi connectivity index (χ4v) is 3.41. The number of rotatable bonds is 5. The van der Waals surface area contributed by atoms with Gasteiger partial charge in [-0.3, -0.25) is 20.4 Å². The van der Waals surface area contributed by atoms with Crippen LogP contribution in [0, 0.1) is 0 Å². The molecule has 0 saturated carbocycles. The van der Waals surface area contributed by atoms with E-state index in [0.29, 0.717) is 17.1 Å². The Morgan fingerprint density at radius 2 is 1.70 bits per heavy atom. The minimum Gasteiger partial charge on any atom is -0.399 e. The molecule has 0 aromatic heterocycles. The van der Waals surface area contributed by atoms with Gasteiger partial charge in [-0.1, -0.05) is 11.6 Å². The fourth-order valence-electron chi connectivity index (χ4n) is 1.68. The average molecular weight is 467 g/mol. The van der Waals surface area contributed by atoms with Gasteiger partial charge in [-0.2, -0.15) is 0 Å². The molecule has 7 nitrogen and oxygen atoms in total. The van der Waals surface area contributed by atoms with Crippen molar-refractivity contribution in [3.63, 3.8) is 0 Å². The van der Waals surface area contributed by atoms with Crippen molar-refractivity contribution in [1.82, 2.24) is 5.43 Å². The van der Waals surface area contributed by atoms with Gasteiger partial charge in [0.2, 0.25) is 0 Å². The quantitative estimate of drug-likeness (QED) is 0.178. The number of nitrogens with one attached hydrogen (secondary N) is 3. The molecular weight excluding hydrogens is 455 g/mol. The van der Waals surface area contributed by atoms with Crippen LogP contribution in [-0.2, 0) is 10.0 Å². The van der Waals surface area contributed by atoms with Crippen LogP contribution in [0.15, 0.2) is 47.4 Å². The molecule has 5 N–H and O–H groups in total. The summed E-state index contributed by atoms with van der Waals surface area (Å²) in [7, 11) is -3.86. The number of benzene rings is 2. The fraction of sp³-hybridized carbons (Fsp3) is 0. The number of hydrogen-bond acceptors (Lipinski definition) is 5. The number of amides is 1. The third-order valence-corrected chi connectivity index (χ3v) is 4.82. The normalized spacial score (nSPS) is 10.9. The maximum absolute atomic E-state index is 12.3. The lowest BCUT2D eigenvalue weighted by Gasteiger charge is -2.11. The molecule has 0 fully saturated rings. The van der Waals surface area contributed by atoms with Gasteiger partial charge in [0.25, 0.3) is 13.9 Å². The second kappa shape index (κ2) is 7.23. The monoisotopic (exact) mass is 466 g/mol. The number of hydrazine groups is 1. The number of sulfonamides is 1. The van der Waals surface area contributed by atoms with Crippen molar-refractivity contribution in [2.24, 2.45) is 0 Å². The summed E-state index contributed by atoms with van der Waals surface area (Å²) in [5, 5.41) is 0.0785. The molecule has 0 aliphatic heterocycles. The number of nitrogens with two attached hydrogens (primary N) is 1. The van der Waals surface area contributed by atoms with Crippen LogP contribution >= 0.6 is 34.2 Å². The minimum atomic E-state index is -3.86. The topological polar surface area (TPSA) is 113 Å². The molecule has 2 rings (SSSR count). The molecule has 122 valence electrons. The van der Waals surface area contributed by atoms with Crippen LogP contribution in [0.4, 0.5) is 21.9 Å². The van der Waals surface area contributed by atoms with E-state index in [-0.39, 0.29) is 13.8 Å². The Balaban J connectivity index is 2.17. The van der Waals surface area contributed by atoms with E-state index in [1.54, 1.807) is 46.9 Å². The number of anilines is 3. The van der Waals surface area contributed by atoms with Gasteiger partial charge >= 0.3 is 0 Å². The second-order valence-corrected chi connectivity index (χ2v) is 7.43. The standard InChI is InChI=1S/C13H12ClIN4O3S/c14-11-6-1-8(16)7-12(11)23(21,22)19-10-4-2-9(3-5-10)17-18-13(15)20/h1-7,17,19H,16H2,(H,18,20). The van der Waals surface area contributed by atoms with Crippen LogP contribution in [0.5, 0.6) is 0 Å². The summed E-state index contributed by atoms with van der Waals surface area (Å²) < 4.78 is 26.8. The van der Waals surface area contributed by atoms with Crippen molar-refractivity contribution in [1.29, 1.82) is 0 Å². The zero-order chi connectivity index (χ0) is 17.0. The Hall–Kier alpha value is -1.72. The van der Waals surface area contributed by atoms with Crippen molar-refractivity contribution < 1.29 is 13.2 Å². The Morgan fingerprint density at radius 3 is 2.30 bits per heavy atom. The predicted octanol–water partition coefficient (Wildman–Crippen LogP) is 3.19. The van der Waals surface area contributed by atoms with E-state index in [0.717, 1.165) is 0 Å². The summed E-state index contributed by atoms with van der Waals surface area (Å²) in [6.45, 7) is 0. The van der Waals surface area contributed by atoms with Crippen molar-refractivity contribution >= 4 is 65.2 Å². The van der Waals surface area contributed by atoms with Crippen LogP contribution in [0.1, 0.15) is 0 Å². The summed E-state index contributed by atoms with van der Waals surface area (Å²) in [4.78, 5) is 10.7. The highest BCUT2D eigenvalue weighted by molar-refractivity contribution is 14.1. The molecule has 0 spiro atoms. The maximum Gasteiger partial charge on any atom is 0.298 e. The van der Waals surface area contributed by atoms with Crippen molar-refractivity contribution in [3.05, 3.63) is 47.5 Å². The molecule has 0 heterocycles. The highest BCUT2D eigenvalue weighted by Gasteiger charge is 2.18. The highest BCUT2D eigenvalue weighted by atomic mass is 127. The maximum atomic E-state index is 12.3. The lowest BCUT2D eigenvalue weighted by molar-refractivity contribution is 0.264. The van der Waals surface area contributed by atoms with Gasteiger partial charge in [0.1, 0.15) is 4.90 Å². The zero-order valence-corrected chi connectivity index (χ0v) is 15.2. The van der Waals surface area contributed by atoms with Gasteiger partial charge in [0, 0.05) is 34.0 Å². The first kappa shape index (κ1) is 17.6. The van der Waals surface area contributed by atoms with Crippen LogP contribution < -0.4 is 21.3 Å². The van der Waals surface area contributed by atoms with E-state index >= 15 is 0 Å². The Morgan fingerprint density at radius 1 is 1.09 bits per heavy atom. The number of halogens is 2. The van der Waals surface area contributed by atoms with E-state index < -0.39 is 10.0 Å². The molecule has 10 heteroatoms. The summed E-state index contributed by atoms with van der Waals surface area (Å²) >= 11 is 7.50.